The number of benzene rings is 2. The molecule has 0 bridgehead atoms. The second-order valence-corrected chi connectivity index (χ2v) is 11.5. The van der Waals surface area contributed by atoms with Crippen LogP contribution in [-0.2, 0) is 10.0 Å². The Balaban J connectivity index is 1.85. The molecule has 1 atom stereocenters. The van der Waals surface area contributed by atoms with Gasteiger partial charge >= 0.3 is 0 Å². The van der Waals surface area contributed by atoms with Gasteiger partial charge in [-0.25, -0.2) is 8.42 Å². The van der Waals surface area contributed by atoms with Gasteiger partial charge in [0, 0.05) is 13.1 Å². The van der Waals surface area contributed by atoms with Gasteiger partial charge in [-0.15, -0.1) is 0 Å². The van der Waals surface area contributed by atoms with Gasteiger partial charge < -0.3 is 10.1 Å². The number of rotatable bonds is 8. The van der Waals surface area contributed by atoms with Gasteiger partial charge in [-0.05, 0) is 67.0 Å². The highest BCUT2D eigenvalue weighted by Crippen LogP contribution is 2.28. The molecule has 2 aromatic rings. The lowest BCUT2D eigenvalue weighted by atomic mass is 9.96. The van der Waals surface area contributed by atoms with Crippen molar-refractivity contribution in [3.05, 3.63) is 58.6 Å². The predicted octanol–water partition coefficient (Wildman–Crippen LogP) is 5.29. The summed E-state index contributed by atoms with van der Waals surface area (Å²) in [6, 6.07) is 11.7. The number of sulfonamides is 1. The number of nitrogens with zero attached hydrogens (tertiary/aromatic N) is 1. The number of ether oxygens (including phenoxy) is 1. The van der Waals surface area contributed by atoms with Gasteiger partial charge in [-0.2, -0.15) is 4.31 Å². The Hall–Kier alpha value is -2.09. The van der Waals surface area contributed by atoms with Gasteiger partial charge in [0.25, 0.3) is 5.91 Å². The Labute approximate surface area is 202 Å². The molecule has 8 heteroatoms. The summed E-state index contributed by atoms with van der Waals surface area (Å²) in [7, 11) is -2.08. The first-order valence-electron chi connectivity index (χ1n) is 11.4. The van der Waals surface area contributed by atoms with Gasteiger partial charge in [0.1, 0.15) is 5.75 Å². The topological polar surface area (TPSA) is 75.7 Å². The van der Waals surface area contributed by atoms with Crippen molar-refractivity contribution in [3.8, 4) is 5.75 Å². The molecule has 180 valence electrons. The zero-order valence-corrected chi connectivity index (χ0v) is 21.2. The number of hydrogen-bond acceptors (Lipinski definition) is 4. The minimum absolute atomic E-state index is 0.0939. The lowest BCUT2D eigenvalue weighted by Crippen LogP contribution is -2.38. The van der Waals surface area contributed by atoms with Crippen LogP contribution < -0.4 is 10.1 Å². The van der Waals surface area contributed by atoms with E-state index in [1.54, 1.807) is 7.11 Å². The lowest BCUT2D eigenvalue weighted by Gasteiger charge is -2.29. The van der Waals surface area contributed by atoms with Crippen molar-refractivity contribution < 1.29 is 17.9 Å². The number of halogens is 1. The molecule has 6 nitrogen and oxygen atoms in total. The number of methoxy groups -OCH3 is 1. The highest BCUT2D eigenvalue weighted by atomic mass is 35.5. The van der Waals surface area contributed by atoms with Crippen LogP contribution in [-0.4, -0.2) is 38.8 Å². The van der Waals surface area contributed by atoms with E-state index in [1.165, 1.54) is 22.5 Å². The van der Waals surface area contributed by atoms with Crippen LogP contribution in [0.1, 0.15) is 62.0 Å². The van der Waals surface area contributed by atoms with Crippen molar-refractivity contribution in [1.82, 2.24) is 9.62 Å². The average molecular weight is 493 g/mol. The Bertz CT molecular complexity index is 1060. The Morgan fingerprint density at radius 2 is 1.79 bits per heavy atom. The van der Waals surface area contributed by atoms with Gasteiger partial charge in [0.2, 0.25) is 10.0 Å². The fourth-order valence-electron chi connectivity index (χ4n) is 4.04. The highest BCUT2D eigenvalue weighted by Gasteiger charge is 2.29. The van der Waals surface area contributed by atoms with E-state index >= 15 is 0 Å². The number of carbonyl (C=O) groups excluding carboxylic acids is 1. The molecule has 0 spiro atoms. The molecule has 0 aliphatic carbocycles. The summed E-state index contributed by atoms with van der Waals surface area (Å²) in [6.07, 6.45) is 2.39. The fraction of sp³-hybridized carbons (Fsp3) is 0.480. The van der Waals surface area contributed by atoms with Crippen LogP contribution in [0.15, 0.2) is 47.4 Å². The van der Waals surface area contributed by atoms with E-state index in [4.69, 9.17) is 16.3 Å². The van der Waals surface area contributed by atoms with Crippen molar-refractivity contribution in [2.24, 2.45) is 11.8 Å². The van der Waals surface area contributed by atoms with Crippen molar-refractivity contribution in [2.45, 2.75) is 51.0 Å². The monoisotopic (exact) mass is 492 g/mol. The second kappa shape index (κ2) is 10.9. The molecule has 1 N–H and O–H groups in total. The van der Waals surface area contributed by atoms with E-state index in [0.29, 0.717) is 24.9 Å². The van der Waals surface area contributed by atoms with Crippen molar-refractivity contribution in [2.75, 3.05) is 20.2 Å². The van der Waals surface area contributed by atoms with Gasteiger partial charge in [-0.3, -0.25) is 4.79 Å². The summed E-state index contributed by atoms with van der Waals surface area (Å²) in [6.45, 7) is 7.28. The molecule has 33 heavy (non-hydrogen) atoms. The first-order valence-corrected chi connectivity index (χ1v) is 13.2. The quantitative estimate of drug-likeness (QED) is 0.543. The lowest BCUT2D eigenvalue weighted by molar-refractivity contribution is 0.0932. The molecule has 1 fully saturated rings. The van der Waals surface area contributed by atoms with Crippen molar-refractivity contribution in [3.63, 3.8) is 0 Å². The molecular weight excluding hydrogens is 460 g/mol. The van der Waals surface area contributed by atoms with Gasteiger partial charge in [-0.1, -0.05) is 44.5 Å². The fourth-order valence-corrected chi connectivity index (χ4v) is 5.73. The smallest absolute Gasteiger partial charge is 0.253 e. The summed E-state index contributed by atoms with van der Waals surface area (Å²) < 4.78 is 33.1. The summed E-state index contributed by atoms with van der Waals surface area (Å²) >= 11 is 6.34. The second-order valence-electron chi connectivity index (χ2n) is 9.16. The van der Waals surface area contributed by atoms with Crippen molar-refractivity contribution >= 4 is 27.5 Å². The molecular formula is C25H33ClN2O4S. The zero-order chi connectivity index (χ0) is 24.2. The summed E-state index contributed by atoms with van der Waals surface area (Å²) in [4.78, 5) is 13.3. The Morgan fingerprint density at radius 1 is 1.15 bits per heavy atom. The molecule has 0 radical (unpaired) electrons. The number of amides is 1. The summed E-state index contributed by atoms with van der Waals surface area (Å²) in [5.41, 5.74) is 1.10. The Kier molecular flexibility index (Phi) is 8.43. The third kappa shape index (κ3) is 6.28. The molecule has 1 aliphatic rings. The van der Waals surface area contributed by atoms with E-state index in [1.807, 2.05) is 24.3 Å². The third-order valence-electron chi connectivity index (χ3n) is 6.09. The van der Waals surface area contributed by atoms with Crippen LogP contribution in [0.25, 0.3) is 0 Å². The zero-order valence-electron chi connectivity index (χ0n) is 19.7. The van der Waals surface area contributed by atoms with E-state index in [0.717, 1.165) is 30.6 Å². The molecule has 1 aliphatic heterocycles. The van der Waals surface area contributed by atoms with Crippen LogP contribution in [0.3, 0.4) is 0 Å². The van der Waals surface area contributed by atoms with Crippen LogP contribution in [0.5, 0.6) is 5.75 Å². The minimum atomic E-state index is -3.68. The van der Waals surface area contributed by atoms with Crippen LogP contribution in [0, 0.1) is 11.8 Å². The highest BCUT2D eigenvalue weighted by molar-refractivity contribution is 7.89. The van der Waals surface area contributed by atoms with Gasteiger partial charge in [0.15, 0.2) is 0 Å². The standard InChI is InChI=1S/C25H33ClN2O4S/c1-17(2)15-24(19-5-7-20(32-4)8-6-19)27-25(29)22-16-21(9-10-23(22)26)33(30,31)28-13-11-18(3)12-14-28/h5-10,16-18,24H,11-15H2,1-4H3,(H,27,29). The molecule has 2 aromatic carbocycles. The summed E-state index contributed by atoms with van der Waals surface area (Å²) in [5, 5.41) is 3.27. The maximum Gasteiger partial charge on any atom is 0.253 e. The number of carbonyl (C=O) groups is 1. The van der Waals surface area contributed by atoms with Crippen LogP contribution in [0.4, 0.5) is 0 Å². The van der Waals surface area contributed by atoms with E-state index < -0.39 is 15.9 Å². The predicted molar refractivity (Wildman–Crippen MR) is 131 cm³/mol. The Morgan fingerprint density at radius 3 is 2.36 bits per heavy atom. The van der Waals surface area contributed by atoms with Crippen molar-refractivity contribution in [1.29, 1.82) is 0 Å². The maximum absolute atomic E-state index is 13.2. The summed E-state index contributed by atoms with van der Waals surface area (Å²) in [5.74, 6) is 1.19. The van der Waals surface area contributed by atoms with E-state index in [-0.39, 0.29) is 21.5 Å². The molecule has 0 saturated carbocycles. The van der Waals surface area contributed by atoms with Gasteiger partial charge in [0.05, 0.1) is 28.6 Å². The molecule has 0 aromatic heterocycles. The first-order chi connectivity index (χ1) is 15.6. The van der Waals surface area contributed by atoms with Crippen LogP contribution >= 0.6 is 11.6 Å². The largest absolute Gasteiger partial charge is 0.497 e. The van der Waals surface area contributed by atoms with E-state index in [9.17, 15) is 13.2 Å². The SMILES string of the molecule is COc1ccc(C(CC(C)C)NC(=O)c2cc(S(=O)(=O)N3CCC(C)CC3)ccc2Cl)cc1. The third-order valence-corrected chi connectivity index (χ3v) is 8.32. The minimum Gasteiger partial charge on any atom is -0.497 e. The average Bonchev–Trinajstić information content (AvgIpc) is 2.78. The molecule has 3 rings (SSSR count). The van der Waals surface area contributed by atoms with E-state index in [2.05, 4.69) is 26.1 Å². The molecule has 1 saturated heterocycles. The normalized spacial score (nSPS) is 16.5. The number of nitrogens with one attached hydrogen (secondary N) is 1. The maximum atomic E-state index is 13.2. The first kappa shape index (κ1) is 25.5. The molecule has 1 unspecified atom stereocenters. The number of piperidine rings is 1. The molecule has 1 heterocycles. The number of hydrogen-bond donors (Lipinski definition) is 1. The molecule has 1 amide bonds. The van der Waals surface area contributed by atoms with Crippen LogP contribution in [0.2, 0.25) is 5.02 Å².